The number of hydrogen-bond acceptors (Lipinski definition) is 4. The molecule has 8 heteroatoms. The van der Waals surface area contributed by atoms with Gasteiger partial charge in [0.15, 0.2) is 0 Å². The number of imidazole rings is 1. The molecule has 6 aromatic rings. The molecular formula is C36H29ClFN3O3. The first kappa shape index (κ1) is 28.0. The molecule has 0 atom stereocenters. The van der Waals surface area contributed by atoms with Crippen LogP contribution in [0.2, 0.25) is 5.02 Å². The lowest BCUT2D eigenvalue weighted by Gasteiger charge is -2.25. The highest BCUT2D eigenvalue weighted by molar-refractivity contribution is 6.31. The van der Waals surface area contributed by atoms with E-state index in [9.17, 15) is 14.3 Å². The van der Waals surface area contributed by atoms with Crippen molar-refractivity contribution in [2.75, 3.05) is 7.11 Å². The van der Waals surface area contributed by atoms with Crippen LogP contribution in [0, 0.1) is 5.82 Å². The largest absolute Gasteiger partial charge is 0.497 e. The van der Waals surface area contributed by atoms with Gasteiger partial charge in [-0.05, 0) is 90.7 Å². The molecule has 0 radical (unpaired) electrons. The standard InChI is InChI=1S/C36H29ClFN3O3/c1-44-26-11-12-27(21-7-13-30(38)29(37)18-21)28(20-26)32-15-8-22-17-23(9-14-31(22)39-32)35-40-33-19-24(36(42)43)10-16-34(33)41(35)25-5-3-2-4-6-25/h7-20,25H,2-6H2,1H3,(H,42,43). The number of carboxylic acid groups (broad SMARTS) is 1. The zero-order valence-corrected chi connectivity index (χ0v) is 24.8. The topological polar surface area (TPSA) is 77.2 Å². The van der Waals surface area contributed by atoms with Crippen LogP contribution in [0.25, 0.3) is 55.7 Å². The lowest BCUT2D eigenvalue weighted by Crippen LogP contribution is -2.14. The van der Waals surface area contributed by atoms with Crippen LogP contribution < -0.4 is 4.74 Å². The Morgan fingerprint density at radius 1 is 0.864 bits per heavy atom. The van der Waals surface area contributed by atoms with Crippen LogP contribution in [0.5, 0.6) is 5.75 Å². The van der Waals surface area contributed by atoms with Crippen LogP contribution in [-0.2, 0) is 0 Å². The summed E-state index contributed by atoms with van der Waals surface area (Å²) in [6.07, 6.45) is 5.70. The molecule has 6 nitrogen and oxygen atoms in total. The monoisotopic (exact) mass is 605 g/mol. The zero-order valence-electron chi connectivity index (χ0n) is 24.1. The molecule has 0 aliphatic heterocycles. The molecule has 2 heterocycles. The van der Waals surface area contributed by atoms with E-state index >= 15 is 0 Å². The zero-order chi connectivity index (χ0) is 30.4. The van der Waals surface area contributed by atoms with Crippen LogP contribution in [-0.4, -0.2) is 32.7 Å². The summed E-state index contributed by atoms with van der Waals surface area (Å²) in [5, 5.41) is 10.6. The Labute approximate surface area is 258 Å². The van der Waals surface area contributed by atoms with Crippen molar-refractivity contribution in [3.63, 3.8) is 0 Å². The average molecular weight is 606 g/mol. The van der Waals surface area contributed by atoms with Gasteiger partial charge in [-0.2, -0.15) is 0 Å². The first-order chi connectivity index (χ1) is 21.4. The highest BCUT2D eigenvalue weighted by Gasteiger charge is 2.23. The van der Waals surface area contributed by atoms with Crippen LogP contribution in [0.15, 0.2) is 84.9 Å². The van der Waals surface area contributed by atoms with Crippen molar-refractivity contribution in [2.45, 2.75) is 38.1 Å². The van der Waals surface area contributed by atoms with Gasteiger partial charge in [0.1, 0.15) is 17.4 Å². The van der Waals surface area contributed by atoms with E-state index in [2.05, 4.69) is 10.6 Å². The number of pyridine rings is 1. The molecule has 1 aliphatic rings. The fourth-order valence-electron chi connectivity index (χ4n) is 6.34. The Bertz CT molecular complexity index is 2070. The molecule has 7 rings (SSSR count). The van der Waals surface area contributed by atoms with E-state index in [1.165, 1.54) is 12.5 Å². The van der Waals surface area contributed by atoms with E-state index < -0.39 is 11.8 Å². The third-order valence-corrected chi connectivity index (χ3v) is 8.85. The second-order valence-corrected chi connectivity index (χ2v) is 11.7. The highest BCUT2D eigenvalue weighted by atomic mass is 35.5. The first-order valence-corrected chi connectivity index (χ1v) is 15.1. The van der Waals surface area contributed by atoms with E-state index in [1.54, 1.807) is 31.4 Å². The lowest BCUT2D eigenvalue weighted by atomic mass is 9.94. The maximum Gasteiger partial charge on any atom is 0.335 e. The van der Waals surface area contributed by atoms with Gasteiger partial charge in [0.2, 0.25) is 0 Å². The SMILES string of the molecule is COc1ccc(-c2ccc(F)c(Cl)c2)c(-c2ccc3cc(-c4nc5cc(C(=O)O)ccc5n4C4CCCCC4)ccc3n2)c1. The van der Waals surface area contributed by atoms with Gasteiger partial charge in [0, 0.05) is 22.6 Å². The van der Waals surface area contributed by atoms with Gasteiger partial charge >= 0.3 is 5.97 Å². The third kappa shape index (κ3) is 5.07. The van der Waals surface area contributed by atoms with Crippen molar-refractivity contribution in [1.29, 1.82) is 0 Å². The minimum atomic E-state index is -0.963. The van der Waals surface area contributed by atoms with Crippen molar-refractivity contribution in [1.82, 2.24) is 14.5 Å². The molecule has 0 bridgehead atoms. The minimum Gasteiger partial charge on any atom is -0.497 e. The maximum absolute atomic E-state index is 13.9. The van der Waals surface area contributed by atoms with Crippen LogP contribution in [0.3, 0.4) is 0 Å². The second kappa shape index (κ2) is 11.4. The summed E-state index contributed by atoms with van der Waals surface area (Å²) in [5.74, 6) is 0.0879. The number of benzene rings is 4. The molecule has 0 spiro atoms. The molecule has 2 aromatic heterocycles. The van der Waals surface area contributed by atoms with Gasteiger partial charge in [0.05, 0.1) is 39.9 Å². The predicted molar refractivity (Wildman–Crippen MR) is 172 cm³/mol. The van der Waals surface area contributed by atoms with Crippen molar-refractivity contribution in [3.8, 4) is 39.5 Å². The summed E-state index contributed by atoms with van der Waals surface area (Å²) in [6.45, 7) is 0. The number of nitrogens with zero attached hydrogens (tertiary/aromatic N) is 3. The average Bonchev–Trinajstić information content (AvgIpc) is 3.44. The van der Waals surface area contributed by atoms with Gasteiger partial charge in [-0.3, -0.25) is 0 Å². The number of fused-ring (bicyclic) bond motifs is 2. The molecule has 1 N–H and O–H groups in total. The summed E-state index contributed by atoms with van der Waals surface area (Å²) in [7, 11) is 1.62. The Morgan fingerprint density at radius 2 is 1.68 bits per heavy atom. The number of aromatic carboxylic acids is 1. The van der Waals surface area contributed by atoms with Gasteiger partial charge in [-0.15, -0.1) is 0 Å². The van der Waals surface area contributed by atoms with E-state index in [0.29, 0.717) is 17.3 Å². The van der Waals surface area contributed by atoms with Gasteiger partial charge in [-0.1, -0.05) is 49.1 Å². The van der Waals surface area contributed by atoms with Crippen LogP contribution >= 0.6 is 11.6 Å². The first-order valence-electron chi connectivity index (χ1n) is 14.7. The Morgan fingerprint density at radius 3 is 2.45 bits per heavy atom. The molecule has 0 saturated heterocycles. The molecule has 44 heavy (non-hydrogen) atoms. The van der Waals surface area contributed by atoms with Crippen LogP contribution in [0.1, 0.15) is 48.5 Å². The number of ether oxygens (including phenoxy) is 1. The van der Waals surface area contributed by atoms with Gasteiger partial charge in [-0.25, -0.2) is 19.2 Å². The van der Waals surface area contributed by atoms with E-state index in [1.807, 2.05) is 48.5 Å². The molecule has 220 valence electrons. The Balaban J connectivity index is 1.33. The number of hydrogen-bond donors (Lipinski definition) is 1. The fraction of sp³-hybridized carbons (Fsp3) is 0.194. The molecule has 1 aliphatic carbocycles. The number of methoxy groups -OCH3 is 1. The molecule has 1 saturated carbocycles. The normalized spacial score (nSPS) is 13.9. The summed E-state index contributed by atoms with van der Waals surface area (Å²) in [5.41, 5.74) is 6.85. The number of halogens is 2. The van der Waals surface area contributed by atoms with Crippen molar-refractivity contribution in [3.05, 3.63) is 101 Å². The van der Waals surface area contributed by atoms with Crippen molar-refractivity contribution < 1.29 is 19.0 Å². The predicted octanol–water partition coefficient (Wildman–Crippen LogP) is 9.59. The summed E-state index contributed by atoms with van der Waals surface area (Å²) in [4.78, 5) is 21.7. The van der Waals surface area contributed by atoms with E-state index in [-0.39, 0.29) is 10.6 Å². The fourth-order valence-corrected chi connectivity index (χ4v) is 6.52. The summed E-state index contributed by atoms with van der Waals surface area (Å²) >= 11 is 6.12. The second-order valence-electron chi connectivity index (χ2n) is 11.3. The number of aromatic nitrogens is 3. The number of carbonyl (C=O) groups is 1. The Kier molecular flexibility index (Phi) is 7.26. The van der Waals surface area contributed by atoms with Crippen molar-refractivity contribution in [2.24, 2.45) is 0 Å². The summed E-state index contributed by atoms with van der Waals surface area (Å²) < 4.78 is 21.8. The molecule has 1 fully saturated rings. The molecule has 0 unspecified atom stereocenters. The maximum atomic E-state index is 13.9. The van der Waals surface area contributed by atoms with Crippen LogP contribution in [0.4, 0.5) is 4.39 Å². The Hall–Kier alpha value is -4.75. The summed E-state index contributed by atoms with van der Waals surface area (Å²) in [6, 6.07) is 26.1. The minimum absolute atomic E-state index is 0.0571. The number of carboxylic acids is 1. The van der Waals surface area contributed by atoms with Gasteiger partial charge in [0.25, 0.3) is 0 Å². The third-order valence-electron chi connectivity index (χ3n) is 8.56. The quantitative estimate of drug-likeness (QED) is 0.204. The molecule has 4 aromatic carbocycles. The lowest BCUT2D eigenvalue weighted by molar-refractivity contribution is 0.0697. The number of rotatable bonds is 6. The van der Waals surface area contributed by atoms with E-state index in [0.717, 1.165) is 75.9 Å². The van der Waals surface area contributed by atoms with E-state index in [4.69, 9.17) is 26.3 Å². The highest BCUT2D eigenvalue weighted by Crippen LogP contribution is 2.39. The van der Waals surface area contributed by atoms with Crippen molar-refractivity contribution >= 4 is 39.5 Å². The van der Waals surface area contributed by atoms with Gasteiger partial charge < -0.3 is 14.4 Å². The molecular weight excluding hydrogens is 577 g/mol. The molecule has 0 amide bonds. The smallest absolute Gasteiger partial charge is 0.335 e.